The molecule has 2 amide bonds. The number of likely N-dealkylation sites (tertiary alicyclic amines) is 2. The number of hydrogen-bond acceptors (Lipinski definition) is 5. The maximum Gasteiger partial charge on any atom is 0.254 e. The smallest absolute Gasteiger partial charge is 0.254 e. The quantitative estimate of drug-likeness (QED) is 0.195. The van der Waals surface area contributed by atoms with Crippen LogP contribution < -0.4 is 4.74 Å². The van der Waals surface area contributed by atoms with Crippen LogP contribution in [-0.2, 0) is 13.1 Å². The van der Waals surface area contributed by atoms with E-state index in [1.807, 2.05) is 43.0 Å². The maximum absolute atomic E-state index is 14.1. The molecule has 5 heterocycles. The van der Waals surface area contributed by atoms with E-state index >= 15 is 0 Å². The molecule has 9 nitrogen and oxygen atoms in total. The van der Waals surface area contributed by atoms with Gasteiger partial charge in [0.25, 0.3) is 11.8 Å². The maximum atomic E-state index is 14.1. The van der Waals surface area contributed by atoms with Gasteiger partial charge >= 0.3 is 0 Å². The number of nitrogens with zero attached hydrogens (tertiary/aromatic N) is 6. The predicted molar refractivity (Wildman–Crippen MR) is 188 cm³/mol. The minimum absolute atomic E-state index is 0.0546. The largest absolute Gasteiger partial charge is 0.494 e. The fourth-order valence-electron chi connectivity index (χ4n) is 9.65. The molecule has 3 aromatic heterocycles. The van der Waals surface area contributed by atoms with Crippen LogP contribution in [0.5, 0.6) is 5.75 Å². The third kappa shape index (κ3) is 4.57. The summed E-state index contributed by atoms with van der Waals surface area (Å²) in [6.45, 7) is 7.73. The van der Waals surface area contributed by atoms with Gasteiger partial charge in [0.15, 0.2) is 5.82 Å². The number of methoxy groups -OCH3 is 1. The van der Waals surface area contributed by atoms with E-state index in [1.54, 1.807) is 7.11 Å². The second-order valence-electron chi connectivity index (χ2n) is 15.5. The highest BCUT2D eigenvalue weighted by Crippen LogP contribution is 2.60. The first-order chi connectivity index (χ1) is 23.8. The van der Waals surface area contributed by atoms with Gasteiger partial charge in [-0.3, -0.25) is 14.6 Å². The number of imidazole rings is 1. The van der Waals surface area contributed by atoms with Crippen LogP contribution in [0.15, 0.2) is 54.6 Å². The first kappa shape index (κ1) is 29.3. The Labute approximate surface area is 285 Å². The number of aromatic nitrogens is 4. The SMILES string of the molecule is COc1cc(C(=O)N2CC3CC4CC2[C@H]43)cc2nc(-c3cc4ccccc4n3CC3CC3)n(CC3CN(C(=O)c4cc(C)nc(C)c4)C3)c12. The van der Waals surface area contributed by atoms with Crippen molar-refractivity contribution in [2.24, 2.45) is 29.6 Å². The van der Waals surface area contributed by atoms with Gasteiger partial charge in [-0.15, -0.1) is 0 Å². The number of ether oxygens (including phenoxy) is 1. The van der Waals surface area contributed by atoms with Gasteiger partial charge < -0.3 is 23.7 Å². The first-order valence-electron chi connectivity index (χ1n) is 18.1. The summed E-state index contributed by atoms with van der Waals surface area (Å²) in [5.41, 5.74) is 7.07. The van der Waals surface area contributed by atoms with Crippen LogP contribution in [0.2, 0.25) is 0 Å². The van der Waals surface area contributed by atoms with E-state index < -0.39 is 0 Å². The number of pyridine rings is 1. The van der Waals surface area contributed by atoms with Crippen molar-refractivity contribution < 1.29 is 14.3 Å². The Balaban J connectivity index is 1.04. The van der Waals surface area contributed by atoms with Crippen molar-refractivity contribution >= 4 is 33.8 Å². The van der Waals surface area contributed by atoms with E-state index in [0.717, 1.165) is 59.4 Å². The summed E-state index contributed by atoms with van der Waals surface area (Å²) in [5.74, 6) is 4.89. The molecule has 0 spiro atoms. The highest BCUT2D eigenvalue weighted by molar-refractivity contribution is 6.01. The van der Waals surface area contributed by atoms with E-state index in [0.29, 0.717) is 60.3 Å². The van der Waals surface area contributed by atoms with Crippen molar-refractivity contribution in [3.8, 4) is 17.3 Å². The standard InChI is InChI=1S/C40H42N6O3/c1-22-10-28(11-23(2)41-22)39(47)43-17-25(18-43)20-46-37-31(42-38(46)34-14-26-6-4-5-7-32(26)44(34)19-24-8-9-24)13-29(16-35(37)49-3)40(48)45-21-30-12-27-15-33(45)36(27)30/h4-7,10-11,13-14,16,24-25,27,30,33,36H,8-9,12,15,17-21H2,1-3H3/t27?,30?,33?,36-/m1/s1. The number of hydrogen-bond donors (Lipinski definition) is 0. The highest BCUT2D eigenvalue weighted by Gasteiger charge is 2.61. The van der Waals surface area contributed by atoms with Crippen molar-refractivity contribution in [3.05, 3.63) is 77.1 Å². The molecule has 4 atom stereocenters. The Hall–Kier alpha value is -4.66. The Morgan fingerprint density at radius 2 is 1.57 bits per heavy atom. The fraction of sp³-hybridized carbons (Fsp3) is 0.450. The molecule has 5 fully saturated rings. The van der Waals surface area contributed by atoms with Gasteiger partial charge in [0.2, 0.25) is 0 Å². The number of aryl methyl sites for hydroxylation is 2. The Kier molecular flexibility index (Phi) is 6.37. The van der Waals surface area contributed by atoms with E-state index in [-0.39, 0.29) is 17.7 Å². The number of carbonyl (C=O) groups is 2. The summed E-state index contributed by atoms with van der Waals surface area (Å²) < 4.78 is 10.8. The lowest BCUT2D eigenvalue weighted by Gasteiger charge is -2.52. The van der Waals surface area contributed by atoms with Gasteiger partial charge in [0, 0.05) is 78.1 Å². The molecule has 3 saturated carbocycles. The van der Waals surface area contributed by atoms with Gasteiger partial charge in [-0.25, -0.2) is 4.98 Å². The van der Waals surface area contributed by atoms with Crippen LogP contribution in [0.4, 0.5) is 0 Å². The molecule has 2 saturated heterocycles. The zero-order valence-electron chi connectivity index (χ0n) is 28.4. The van der Waals surface area contributed by atoms with Gasteiger partial charge in [0.05, 0.1) is 18.3 Å². The van der Waals surface area contributed by atoms with E-state index in [2.05, 4.69) is 49.3 Å². The predicted octanol–water partition coefficient (Wildman–Crippen LogP) is 6.34. The minimum atomic E-state index is 0.0546. The van der Waals surface area contributed by atoms with Crippen LogP contribution in [0, 0.1) is 43.4 Å². The molecule has 2 aliphatic heterocycles. The molecule has 9 heteroatoms. The lowest BCUT2D eigenvalue weighted by Crippen LogP contribution is -2.53. The number of rotatable bonds is 8. The summed E-state index contributed by atoms with van der Waals surface area (Å²) in [4.78, 5) is 41.4. The molecule has 250 valence electrons. The van der Waals surface area contributed by atoms with E-state index in [1.165, 1.54) is 30.2 Å². The molecular weight excluding hydrogens is 612 g/mol. The van der Waals surface area contributed by atoms with Crippen molar-refractivity contribution in [1.82, 2.24) is 28.9 Å². The van der Waals surface area contributed by atoms with Gasteiger partial charge in [-0.1, -0.05) is 18.2 Å². The molecule has 0 radical (unpaired) electrons. The summed E-state index contributed by atoms with van der Waals surface area (Å²) in [6, 6.07) is 18.9. The third-order valence-electron chi connectivity index (χ3n) is 12.2. The first-order valence-corrected chi connectivity index (χ1v) is 18.1. The molecule has 3 unspecified atom stereocenters. The average Bonchev–Trinajstić information content (AvgIpc) is 3.71. The zero-order valence-corrected chi connectivity index (χ0v) is 28.4. The molecule has 2 aromatic carbocycles. The molecule has 0 bridgehead atoms. The lowest BCUT2D eigenvalue weighted by atomic mass is 9.53. The van der Waals surface area contributed by atoms with Crippen LogP contribution in [0.1, 0.15) is 57.8 Å². The van der Waals surface area contributed by atoms with Gasteiger partial charge in [-0.2, -0.15) is 0 Å². The second kappa shape index (κ2) is 10.7. The Bertz CT molecular complexity index is 2170. The Morgan fingerprint density at radius 3 is 2.31 bits per heavy atom. The van der Waals surface area contributed by atoms with Crippen molar-refractivity contribution in [3.63, 3.8) is 0 Å². The van der Waals surface area contributed by atoms with Gasteiger partial charge in [-0.05, 0) is 99.6 Å². The number of fused-ring (bicyclic) bond motifs is 2. The van der Waals surface area contributed by atoms with Crippen molar-refractivity contribution in [2.75, 3.05) is 26.7 Å². The minimum Gasteiger partial charge on any atom is -0.494 e. The van der Waals surface area contributed by atoms with Crippen LogP contribution in [0.3, 0.4) is 0 Å². The monoisotopic (exact) mass is 654 g/mol. The number of carbonyl (C=O) groups excluding carboxylic acids is 2. The number of benzene rings is 2. The fourth-order valence-corrected chi connectivity index (χ4v) is 9.65. The van der Waals surface area contributed by atoms with Gasteiger partial charge in [0.1, 0.15) is 11.3 Å². The molecule has 5 aliphatic rings. The summed E-state index contributed by atoms with van der Waals surface area (Å²) in [6.07, 6.45) is 4.94. The van der Waals surface area contributed by atoms with Crippen LogP contribution in [-0.4, -0.2) is 73.5 Å². The van der Waals surface area contributed by atoms with Crippen molar-refractivity contribution in [1.29, 1.82) is 0 Å². The van der Waals surface area contributed by atoms with Crippen molar-refractivity contribution in [2.45, 2.75) is 58.7 Å². The third-order valence-corrected chi connectivity index (χ3v) is 12.2. The zero-order chi connectivity index (χ0) is 33.1. The molecule has 49 heavy (non-hydrogen) atoms. The molecule has 5 aromatic rings. The Morgan fingerprint density at radius 1 is 0.816 bits per heavy atom. The van der Waals surface area contributed by atoms with Crippen LogP contribution >= 0.6 is 0 Å². The summed E-state index contributed by atoms with van der Waals surface area (Å²) in [7, 11) is 1.69. The molecule has 10 rings (SSSR count). The topological polar surface area (TPSA) is 85.5 Å². The van der Waals surface area contributed by atoms with E-state index in [9.17, 15) is 9.59 Å². The normalized spacial score (nSPS) is 24.1. The second-order valence-corrected chi connectivity index (χ2v) is 15.5. The molecule has 3 aliphatic carbocycles. The molecular formula is C40H42N6O3. The number of para-hydroxylation sites is 1. The lowest BCUT2D eigenvalue weighted by molar-refractivity contribution is -0.0204. The average molecular weight is 655 g/mol. The summed E-state index contributed by atoms with van der Waals surface area (Å²) in [5, 5.41) is 1.20. The van der Waals surface area contributed by atoms with Crippen LogP contribution in [0.25, 0.3) is 33.5 Å². The molecule has 0 N–H and O–H groups in total. The number of amides is 2. The summed E-state index contributed by atoms with van der Waals surface area (Å²) >= 11 is 0. The van der Waals surface area contributed by atoms with E-state index in [4.69, 9.17) is 9.72 Å². The highest BCUT2D eigenvalue weighted by atomic mass is 16.5.